The molecular formula is C18H21ClN2O4S. The number of carbonyl (C=O) groups excluding carboxylic acids is 1. The molecule has 0 bridgehead atoms. The van der Waals surface area contributed by atoms with Gasteiger partial charge in [-0.3, -0.25) is 9.10 Å². The van der Waals surface area contributed by atoms with Crippen LogP contribution in [0.15, 0.2) is 28.9 Å². The Morgan fingerprint density at radius 1 is 1.35 bits per heavy atom. The van der Waals surface area contributed by atoms with Crippen molar-refractivity contribution in [2.75, 3.05) is 17.1 Å². The van der Waals surface area contributed by atoms with E-state index in [0.717, 1.165) is 19.1 Å². The SMILES string of the molecule is CC(C)CN(c1ccc(C(=O)c2cnoc2C2CC2)c(Cl)c1)S(C)(=O)=O. The Morgan fingerprint density at radius 2 is 2.04 bits per heavy atom. The molecule has 0 N–H and O–H groups in total. The predicted molar refractivity (Wildman–Crippen MR) is 100 cm³/mol. The van der Waals surface area contributed by atoms with Crippen molar-refractivity contribution in [1.82, 2.24) is 5.16 Å². The maximum Gasteiger partial charge on any atom is 0.232 e. The van der Waals surface area contributed by atoms with Gasteiger partial charge in [-0.25, -0.2) is 8.42 Å². The number of benzene rings is 1. The number of hydrogen-bond donors (Lipinski definition) is 0. The van der Waals surface area contributed by atoms with Gasteiger partial charge in [0.05, 0.1) is 28.7 Å². The van der Waals surface area contributed by atoms with Crippen LogP contribution < -0.4 is 4.31 Å². The third-order valence-electron chi connectivity index (χ3n) is 4.21. The lowest BCUT2D eigenvalue weighted by atomic mass is 10.0. The number of anilines is 1. The standard InChI is InChI=1S/C18H21ClN2O4S/c1-11(2)10-21(26(3,23)24)13-6-7-14(16(19)8-13)17(22)15-9-20-25-18(15)12-4-5-12/h6-9,11-12H,4-5,10H2,1-3H3. The summed E-state index contributed by atoms with van der Waals surface area (Å²) in [6.45, 7) is 4.20. The number of carbonyl (C=O) groups is 1. The largest absolute Gasteiger partial charge is 0.360 e. The van der Waals surface area contributed by atoms with Crippen molar-refractivity contribution in [2.24, 2.45) is 5.92 Å². The van der Waals surface area contributed by atoms with Gasteiger partial charge in [-0.15, -0.1) is 0 Å². The predicted octanol–water partition coefficient (Wildman–Crippen LogP) is 3.86. The first-order valence-corrected chi connectivity index (χ1v) is 10.7. The molecule has 2 aromatic rings. The van der Waals surface area contributed by atoms with Gasteiger partial charge in [0.1, 0.15) is 0 Å². The van der Waals surface area contributed by atoms with Crippen LogP contribution in [0.4, 0.5) is 5.69 Å². The van der Waals surface area contributed by atoms with Gasteiger partial charge in [-0.1, -0.05) is 30.6 Å². The first-order chi connectivity index (χ1) is 12.2. The molecule has 26 heavy (non-hydrogen) atoms. The summed E-state index contributed by atoms with van der Waals surface area (Å²) in [6.07, 6.45) is 4.55. The van der Waals surface area contributed by atoms with Crippen LogP contribution in [0, 0.1) is 5.92 Å². The second-order valence-corrected chi connectivity index (χ2v) is 9.37. The van der Waals surface area contributed by atoms with E-state index in [9.17, 15) is 13.2 Å². The van der Waals surface area contributed by atoms with E-state index in [1.165, 1.54) is 16.6 Å². The quantitative estimate of drug-likeness (QED) is 0.664. The van der Waals surface area contributed by atoms with Crippen LogP contribution in [-0.2, 0) is 10.0 Å². The van der Waals surface area contributed by atoms with Gasteiger partial charge in [0.2, 0.25) is 10.0 Å². The van der Waals surface area contributed by atoms with E-state index < -0.39 is 10.0 Å². The second kappa shape index (κ2) is 7.04. The number of halogens is 1. The van der Waals surface area contributed by atoms with E-state index in [1.807, 2.05) is 13.8 Å². The molecule has 0 amide bonds. The molecule has 1 aliphatic rings. The van der Waals surface area contributed by atoms with Crippen molar-refractivity contribution in [3.05, 3.63) is 46.3 Å². The van der Waals surface area contributed by atoms with Crippen LogP contribution in [0.2, 0.25) is 5.02 Å². The van der Waals surface area contributed by atoms with Gasteiger partial charge in [0, 0.05) is 18.0 Å². The molecule has 0 atom stereocenters. The first-order valence-electron chi connectivity index (χ1n) is 8.45. The molecule has 1 fully saturated rings. The molecular weight excluding hydrogens is 376 g/mol. The van der Waals surface area contributed by atoms with E-state index in [0.29, 0.717) is 29.1 Å². The fourth-order valence-electron chi connectivity index (χ4n) is 2.81. The number of sulfonamides is 1. The van der Waals surface area contributed by atoms with Crippen molar-refractivity contribution >= 4 is 33.1 Å². The van der Waals surface area contributed by atoms with Gasteiger partial charge < -0.3 is 4.52 Å². The Bertz CT molecular complexity index is 932. The number of aromatic nitrogens is 1. The number of nitrogens with zero attached hydrogens (tertiary/aromatic N) is 2. The summed E-state index contributed by atoms with van der Waals surface area (Å²) in [4.78, 5) is 12.8. The molecule has 0 aliphatic heterocycles. The minimum Gasteiger partial charge on any atom is -0.360 e. The van der Waals surface area contributed by atoms with Crippen LogP contribution >= 0.6 is 11.6 Å². The normalized spacial score (nSPS) is 14.7. The molecule has 0 saturated heterocycles. The van der Waals surface area contributed by atoms with E-state index in [1.54, 1.807) is 12.1 Å². The number of rotatable bonds is 7. The maximum atomic E-state index is 12.8. The van der Waals surface area contributed by atoms with Crippen LogP contribution in [0.25, 0.3) is 0 Å². The monoisotopic (exact) mass is 396 g/mol. The zero-order valence-electron chi connectivity index (χ0n) is 14.9. The molecule has 0 radical (unpaired) electrons. The average Bonchev–Trinajstić information content (AvgIpc) is 3.27. The zero-order chi connectivity index (χ0) is 19.1. The Balaban J connectivity index is 1.94. The summed E-state index contributed by atoms with van der Waals surface area (Å²) in [7, 11) is -3.45. The maximum absolute atomic E-state index is 12.8. The lowest BCUT2D eigenvalue weighted by Gasteiger charge is -2.24. The highest BCUT2D eigenvalue weighted by atomic mass is 35.5. The first kappa shape index (κ1) is 18.9. The lowest BCUT2D eigenvalue weighted by molar-refractivity contribution is 0.103. The highest BCUT2D eigenvalue weighted by Gasteiger charge is 2.33. The van der Waals surface area contributed by atoms with E-state index >= 15 is 0 Å². The Hall–Kier alpha value is -1.86. The molecule has 1 saturated carbocycles. The summed E-state index contributed by atoms with van der Waals surface area (Å²) in [5.74, 6) is 0.733. The molecule has 0 unspecified atom stereocenters. The van der Waals surface area contributed by atoms with Crippen LogP contribution in [0.5, 0.6) is 0 Å². The van der Waals surface area contributed by atoms with Crippen molar-refractivity contribution in [2.45, 2.75) is 32.6 Å². The van der Waals surface area contributed by atoms with Crippen molar-refractivity contribution in [3.8, 4) is 0 Å². The van der Waals surface area contributed by atoms with Gasteiger partial charge in [-0.2, -0.15) is 0 Å². The Kier molecular flexibility index (Phi) is 5.12. The Morgan fingerprint density at radius 3 is 2.58 bits per heavy atom. The van der Waals surface area contributed by atoms with Crippen molar-refractivity contribution < 1.29 is 17.7 Å². The summed E-state index contributed by atoms with van der Waals surface area (Å²) >= 11 is 6.33. The topological polar surface area (TPSA) is 80.5 Å². The fraction of sp³-hybridized carbons (Fsp3) is 0.444. The van der Waals surface area contributed by atoms with Crippen molar-refractivity contribution in [3.63, 3.8) is 0 Å². The molecule has 1 aromatic carbocycles. The van der Waals surface area contributed by atoms with E-state index in [4.69, 9.17) is 16.1 Å². The molecule has 8 heteroatoms. The van der Waals surface area contributed by atoms with Crippen LogP contribution in [0.3, 0.4) is 0 Å². The number of hydrogen-bond acceptors (Lipinski definition) is 5. The summed E-state index contributed by atoms with van der Waals surface area (Å²) < 4.78 is 30.7. The second-order valence-electron chi connectivity index (χ2n) is 7.06. The van der Waals surface area contributed by atoms with Gasteiger partial charge >= 0.3 is 0 Å². The molecule has 1 aliphatic carbocycles. The summed E-state index contributed by atoms with van der Waals surface area (Å²) in [5.41, 5.74) is 1.17. The van der Waals surface area contributed by atoms with Crippen LogP contribution in [-0.4, -0.2) is 32.2 Å². The molecule has 1 heterocycles. The van der Waals surface area contributed by atoms with Crippen molar-refractivity contribution in [1.29, 1.82) is 0 Å². The smallest absolute Gasteiger partial charge is 0.232 e. The minimum absolute atomic E-state index is 0.142. The molecule has 140 valence electrons. The third kappa shape index (κ3) is 3.94. The molecule has 1 aromatic heterocycles. The Labute approximate surface area is 158 Å². The zero-order valence-corrected chi connectivity index (χ0v) is 16.5. The highest BCUT2D eigenvalue weighted by Crippen LogP contribution is 2.42. The third-order valence-corrected chi connectivity index (χ3v) is 5.68. The lowest BCUT2D eigenvalue weighted by Crippen LogP contribution is -2.33. The van der Waals surface area contributed by atoms with Crippen LogP contribution in [0.1, 0.15) is 54.3 Å². The van der Waals surface area contributed by atoms with Gasteiger partial charge in [0.15, 0.2) is 11.5 Å². The van der Waals surface area contributed by atoms with Gasteiger partial charge in [0.25, 0.3) is 0 Å². The number of ketones is 1. The fourth-order valence-corrected chi connectivity index (χ4v) is 4.14. The summed E-state index contributed by atoms with van der Waals surface area (Å²) in [6, 6.07) is 4.68. The summed E-state index contributed by atoms with van der Waals surface area (Å²) in [5, 5.41) is 3.95. The minimum atomic E-state index is -3.45. The molecule has 3 rings (SSSR count). The molecule has 6 nitrogen and oxygen atoms in total. The van der Waals surface area contributed by atoms with E-state index in [-0.39, 0.29) is 22.6 Å². The molecule has 0 spiro atoms. The highest BCUT2D eigenvalue weighted by molar-refractivity contribution is 7.92. The van der Waals surface area contributed by atoms with Gasteiger partial charge in [-0.05, 0) is 37.0 Å². The van der Waals surface area contributed by atoms with E-state index in [2.05, 4.69) is 5.16 Å². The average molecular weight is 397 g/mol.